The van der Waals surface area contributed by atoms with Crippen molar-refractivity contribution in [2.24, 2.45) is 12.8 Å². The first-order valence-corrected chi connectivity index (χ1v) is 6.72. The fourth-order valence-electron chi connectivity index (χ4n) is 2.04. The van der Waals surface area contributed by atoms with E-state index in [4.69, 9.17) is 5.73 Å². The Labute approximate surface area is 118 Å². The van der Waals surface area contributed by atoms with Gasteiger partial charge in [-0.3, -0.25) is 9.48 Å². The van der Waals surface area contributed by atoms with Crippen molar-refractivity contribution in [2.75, 3.05) is 11.9 Å². The quantitative estimate of drug-likeness (QED) is 0.875. The number of aryl methyl sites for hydroxylation is 2. The van der Waals surface area contributed by atoms with E-state index in [1.54, 1.807) is 4.68 Å². The van der Waals surface area contributed by atoms with Crippen molar-refractivity contribution in [2.45, 2.75) is 19.8 Å². The zero-order chi connectivity index (χ0) is 14.5. The number of rotatable bonds is 5. The van der Waals surface area contributed by atoms with Crippen LogP contribution < -0.4 is 11.1 Å². The number of amides is 1. The Balaban J connectivity index is 2.18. The molecule has 2 rings (SSSR count). The Morgan fingerprint density at radius 1 is 1.40 bits per heavy atom. The first-order chi connectivity index (χ1) is 9.61. The van der Waals surface area contributed by atoms with Crippen molar-refractivity contribution in [1.82, 2.24) is 9.78 Å². The lowest BCUT2D eigenvalue weighted by Gasteiger charge is -2.03. The second kappa shape index (κ2) is 6.34. The molecule has 5 heteroatoms. The van der Waals surface area contributed by atoms with Crippen LogP contribution in [0.4, 0.5) is 5.82 Å². The summed E-state index contributed by atoms with van der Waals surface area (Å²) in [6.07, 6.45) is 1.12. The van der Waals surface area contributed by atoms with E-state index in [9.17, 15) is 4.79 Å². The van der Waals surface area contributed by atoms with Crippen molar-refractivity contribution < 1.29 is 4.79 Å². The molecule has 106 valence electrons. The minimum Gasteiger partial charge on any atom is -0.330 e. The maximum absolute atomic E-state index is 11.7. The third-order valence-electron chi connectivity index (χ3n) is 3.18. The number of carbonyl (C=O) groups is 1. The molecule has 0 aliphatic rings. The van der Waals surface area contributed by atoms with Crippen LogP contribution in [0.25, 0.3) is 11.3 Å². The summed E-state index contributed by atoms with van der Waals surface area (Å²) in [4.78, 5) is 11.7. The molecule has 3 N–H and O–H groups in total. The van der Waals surface area contributed by atoms with Crippen molar-refractivity contribution in [3.05, 3.63) is 35.9 Å². The van der Waals surface area contributed by atoms with E-state index in [1.807, 2.05) is 44.3 Å². The molecule has 2 aromatic rings. The second-order valence-corrected chi connectivity index (χ2v) is 4.79. The number of carbonyl (C=O) groups excluding carboxylic acids is 1. The van der Waals surface area contributed by atoms with E-state index < -0.39 is 0 Å². The first-order valence-electron chi connectivity index (χ1n) is 6.72. The summed E-state index contributed by atoms with van der Waals surface area (Å²) in [5.74, 6) is 0.667. The predicted octanol–water partition coefficient (Wildman–Crippen LogP) is 2.07. The van der Waals surface area contributed by atoms with Crippen LogP contribution in [-0.2, 0) is 11.8 Å². The maximum atomic E-state index is 11.7. The van der Waals surface area contributed by atoms with E-state index in [0.29, 0.717) is 25.2 Å². The van der Waals surface area contributed by atoms with Crippen molar-refractivity contribution in [3.8, 4) is 11.3 Å². The summed E-state index contributed by atoms with van der Waals surface area (Å²) in [5, 5.41) is 7.31. The summed E-state index contributed by atoms with van der Waals surface area (Å²) >= 11 is 0. The van der Waals surface area contributed by atoms with Crippen molar-refractivity contribution in [1.29, 1.82) is 0 Å². The molecule has 0 fully saturated rings. The van der Waals surface area contributed by atoms with Gasteiger partial charge < -0.3 is 11.1 Å². The van der Waals surface area contributed by atoms with Gasteiger partial charge in [0.15, 0.2) is 0 Å². The van der Waals surface area contributed by atoms with Gasteiger partial charge in [0.05, 0.1) is 5.69 Å². The molecule has 1 aromatic carbocycles. The van der Waals surface area contributed by atoms with Crippen LogP contribution in [0.1, 0.15) is 18.4 Å². The molecule has 0 saturated heterocycles. The van der Waals surface area contributed by atoms with Gasteiger partial charge in [-0.2, -0.15) is 5.10 Å². The van der Waals surface area contributed by atoms with Gasteiger partial charge in [-0.15, -0.1) is 0 Å². The standard InChI is InChI=1S/C15H20N4O/c1-11-6-3-4-7-12(11)13-10-14(19(2)18-13)17-15(20)8-5-9-16/h3-4,6-7,10H,5,8-9,16H2,1-2H3,(H,17,20). The lowest BCUT2D eigenvalue weighted by Crippen LogP contribution is -2.15. The summed E-state index contributed by atoms with van der Waals surface area (Å²) < 4.78 is 1.68. The highest BCUT2D eigenvalue weighted by molar-refractivity contribution is 5.90. The lowest BCUT2D eigenvalue weighted by molar-refractivity contribution is -0.116. The Morgan fingerprint density at radius 3 is 2.85 bits per heavy atom. The molecule has 0 spiro atoms. The summed E-state index contributed by atoms with van der Waals surface area (Å²) in [5.41, 5.74) is 8.49. The molecule has 0 saturated carbocycles. The minimum absolute atomic E-state index is 0.0326. The lowest BCUT2D eigenvalue weighted by atomic mass is 10.1. The van der Waals surface area contributed by atoms with Gasteiger partial charge in [-0.25, -0.2) is 0 Å². The van der Waals surface area contributed by atoms with Crippen molar-refractivity contribution in [3.63, 3.8) is 0 Å². The van der Waals surface area contributed by atoms with Gasteiger partial charge in [-0.05, 0) is 25.5 Å². The van der Waals surface area contributed by atoms with E-state index in [-0.39, 0.29) is 5.91 Å². The summed E-state index contributed by atoms with van der Waals surface area (Å²) in [7, 11) is 1.82. The third-order valence-corrected chi connectivity index (χ3v) is 3.18. The molecule has 0 radical (unpaired) electrons. The number of nitrogens with zero attached hydrogens (tertiary/aromatic N) is 2. The van der Waals surface area contributed by atoms with Crippen molar-refractivity contribution >= 4 is 11.7 Å². The molecule has 1 aromatic heterocycles. The van der Waals surface area contributed by atoms with Crippen LogP contribution in [0.15, 0.2) is 30.3 Å². The molecule has 0 aliphatic heterocycles. The molecular formula is C15H20N4O. The van der Waals surface area contributed by atoms with Crippen LogP contribution in [0.2, 0.25) is 0 Å². The largest absolute Gasteiger partial charge is 0.330 e. The zero-order valence-corrected chi connectivity index (χ0v) is 11.9. The van der Waals surface area contributed by atoms with Crippen LogP contribution in [0.5, 0.6) is 0 Å². The van der Waals surface area contributed by atoms with E-state index in [1.165, 1.54) is 0 Å². The molecule has 1 amide bonds. The topological polar surface area (TPSA) is 72.9 Å². The molecule has 0 bridgehead atoms. The van der Waals surface area contributed by atoms with E-state index in [2.05, 4.69) is 10.4 Å². The normalized spacial score (nSPS) is 10.6. The highest BCUT2D eigenvalue weighted by Crippen LogP contribution is 2.24. The molecule has 1 heterocycles. The van der Waals surface area contributed by atoms with Gasteiger partial charge in [0.2, 0.25) is 5.91 Å². The van der Waals surface area contributed by atoms with Crippen LogP contribution in [0.3, 0.4) is 0 Å². The monoisotopic (exact) mass is 272 g/mol. The Bertz CT molecular complexity index is 604. The maximum Gasteiger partial charge on any atom is 0.225 e. The average Bonchev–Trinajstić information content (AvgIpc) is 2.78. The minimum atomic E-state index is -0.0326. The zero-order valence-electron chi connectivity index (χ0n) is 11.9. The van der Waals surface area contributed by atoms with Gasteiger partial charge in [0.1, 0.15) is 5.82 Å². The average molecular weight is 272 g/mol. The Kier molecular flexibility index (Phi) is 4.53. The fourth-order valence-corrected chi connectivity index (χ4v) is 2.04. The smallest absolute Gasteiger partial charge is 0.225 e. The van der Waals surface area contributed by atoms with Gasteiger partial charge in [-0.1, -0.05) is 24.3 Å². The number of nitrogens with two attached hydrogens (primary N) is 1. The summed E-state index contributed by atoms with van der Waals surface area (Å²) in [6, 6.07) is 9.94. The highest BCUT2D eigenvalue weighted by Gasteiger charge is 2.11. The number of nitrogens with one attached hydrogen (secondary N) is 1. The number of aromatic nitrogens is 2. The van der Waals surface area contributed by atoms with Crippen LogP contribution in [0, 0.1) is 6.92 Å². The van der Waals surface area contributed by atoms with E-state index >= 15 is 0 Å². The molecule has 0 aliphatic carbocycles. The highest BCUT2D eigenvalue weighted by atomic mass is 16.1. The molecule has 0 atom stereocenters. The van der Waals surface area contributed by atoms with Gasteiger partial charge >= 0.3 is 0 Å². The number of hydrogen-bond donors (Lipinski definition) is 2. The first kappa shape index (κ1) is 14.3. The number of hydrogen-bond acceptors (Lipinski definition) is 3. The van der Waals surface area contributed by atoms with Crippen LogP contribution >= 0.6 is 0 Å². The molecular weight excluding hydrogens is 252 g/mol. The molecule has 0 unspecified atom stereocenters. The van der Waals surface area contributed by atoms with E-state index in [0.717, 1.165) is 16.8 Å². The Hall–Kier alpha value is -2.14. The number of benzene rings is 1. The molecule has 5 nitrogen and oxygen atoms in total. The van der Waals surface area contributed by atoms with Crippen LogP contribution in [-0.4, -0.2) is 22.2 Å². The Morgan fingerprint density at radius 2 is 2.15 bits per heavy atom. The fraction of sp³-hybridized carbons (Fsp3) is 0.333. The molecule has 20 heavy (non-hydrogen) atoms. The second-order valence-electron chi connectivity index (χ2n) is 4.79. The SMILES string of the molecule is Cc1ccccc1-c1cc(NC(=O)CCCN)n(C)n1. The summed E-state index contributed by atoms with van der Waals surface area (Å²) in [6.45, 7) is 2.57. The van der Waals surface area contributed by atoms with Gasteiger partial charge in [0, 0.05) is 25.1 Å². The third kappa shape index (κ3) is 3.24. The predicted molar refractivity (Wildman–Crippen MR) is 80.3 cm³/mol. The van der Waals surface area contributed by atoms with Gasteiger partial charge in [0.25, 0.3) is 0 Å². The number of anilines is 1.